The third kappa shape index (κ3) is 3.52. The lowest BCUT2D eigenvalue weighted by Gasteiger charge is -2.07. The zero-order chi connectivity index (χ0) is 14.0. The topological polar surface area (TPSA) is 43.1 Å². The van der Waals surface area contributed by atoms with Gasteiger partial charge in [-0.2, -0.15) is 0 Å². The molecule has 0 fully saturated rings. The van der Waals surface area contributed by atoms with Crippen LogP contribution in [0.25, 0.3) is 0 Å². The van der Waals surface area contributed by atoms with Crippen molar-refractivity contribution in [3.8, 4) is 0 Å². The molecule has 2 aromatic carbocycles. The molecule has 0 aliphatic carbocycles. The Morgan fingerprint density at radius 2 is 1.74 bits per heavy atom. The van der Waals surface area contributed by atoms with Crippen molar-refractivity contribution >= 4 is 28.1 Å². The van der Waals surface area contributed by atoms with Crippen LogP contribution in [0.15, 0.2) is 41.3 Å². The Bertz CT molecular complexity index is 628. The minimum Gasteiger partial charge on any atom is -0.398 e. The van der Waals surface area contributed by atoms with E-state index in [0.29, 0.717) is 21.2 Å². The Morgan fingerprint density at radius 3 is 2.37 bits per heavy atom. The molecule has 0 amide bonds. The van der Waals surface area contributed by atoms with Crippen molar-refractivity contribution in [1.29, 1.82) is 0 Å². The third-order valence-corrected chi connectivity index (χ3v) is 4.12. The maximum Gasteiger partial charge on any atom is 0.126 e. The molecule has 1 unspecified atom stereocenters. The summed E-state index contributed by atoms with van der Waals surface area (Å²) >= 11 is 5.80. The SMILES string of the molecule is Nc1ccc(Cl)cc1S(=O)Cc1cc(F)cc(F)c1. The van der Waals surface area contributed by atoms with Crippen molar-refractivity contribution in [2.75, 3.05) is 5.73 Å². The third-order valence-electron chi connectivity index (χ3n) is 2.44. The van der Waals surface area contributed by atoms with Crippen LogP contribution in [-0.4, -0.2) is 4.21 Å². The van der Waals surface area contributed by atoms with Gasteiger partial charge in [0, 0.05) is 16.8 Å². The summed E-state index contributed by atoms with van der Waals surface area (Å²) in [5.74, 6) is -1.43. The number of nitrogens with two attached hydrogens (primary N) is 1. The smallest absolute Gasteiger partial charge is 0.126 e. The molecule has 2 N–H and O–H groups in total. The maximum atomic E-state index is 13.0. The van der Waals surface area contributed by atoms with E-state index in [9.17, 15) is 13.0 Å². The number of nitrogen functional groups attached to an aromatic ring is 1. The predicted octanol–water partition coefficient (Wildman–Crippen LogP) is 3.51. The molecule has 0 aromatic heterocycles. The van der Waals surface area contributed by atoms with Crippen molar-refractivity contribution in [2.45, 2.75) is 10.6 Å². The lowest BCUT2D eigenvalue weighted by atomic mass is 10.2. The van der Waals surface area contributed by atoms with Gasteiger partial charge in [-0.25, -0.2) is 8.78 Å². The van der Waals surface area contributed by atoms with Gasteiger partial charge in [-0.05, 0) is 35.9 Å². The highest BCUT2D eigenvalue weighted by Gasteiger charge is 2.11. The first kappa shape index (κ1) is 14.0. The van der Waals surface area contributed by atoms with Crippen LogP contribution in [0.2, 0.25) is 5.02 Å². The molecule has 19 heavy (non-hydrogen) atoms. The molecule has 6 heteroatoms. The molecule has 2 nitrogen and oxygen atoms in total. The summed E-state index contributed by atoms with van der Waals surface area (Å²) in [5.41, 5.74) is 6.34. The minimum absolute atomic E-state index is 0.0285. The monoisotopic (exact) mass is 301 g/mol. The van der Waals surface area contributed by atoms with Gasteiger partial charge in [-0.1, -0.05) is 11.6 Å². The largest absolute Gasteiger partial charge is 0.398 e. The second kappa shape index (κ2) is 5.67. The Morgan fingerprint density at radius 1 is 1.11 bits per heavy atom. The number of anilines is 1. The van der Waals surface area contributed by atoms with Crippen molar-refractivity contribution in [3.63, 3.8) is 0 Å². The van der Waals surface area contributed by atoms with Crippen molar-refractivity contribution < 1.29 is 13.0 Å². The lowest BCUT2D eigenvalue weighted by molar-refractivity contribution is 0.581. The number of halogens is 3. The Hall–Kier alpha value is -1.46. The minimum atomic E-state index is -1.52. The van der Waals surface area contributed by atoms with Crippen LogP contribution >= 0.6 is 11.6 Å². The van der Waals surface area contributed by atoms with Crippen LogP contribution < -0.4 is 5.73 Å². The fraction of sp³-hybridized carbons (Fsp3) is 0.0769. The first-order valence-electron chi connectivity index (χ1n) is 5.34. The molecule has 0 aliphatic rings. The average Bonchev–Trinajstić information content (AvgIpc) is 2.30. The van der Waals surface area contributed by atoms with Crippen LogP contribution in [0.5, 0.6) is 0 Å². The molecule has 2 rings (SSSR count). The maximum absolute atomic E-state index is 13.0. The van der Waals surface area contributed by atoms with Crippen LogP contribution in [0.4, 0.5) is 14.5 Å². The first-order chi connectivity index (χ1) is 8.95. The van der Waals surface area contributed by atoms with Crippen molar-refractivity contribution in [2.24, 2.45) is 0 Å². The molecule has 100 valence electrons. The number of hydrogen-bond acceptors (Lipinski definition) is 2. The average molecular weight is 302 g/mol. The summed E-state index contributed by atoms with van der Waals surface area (Å²) in [4.78, 5) is 0.358. The summed E-state index contributed by atoms with van der Waals surface area (Å²) < 4.78 is 38.2. The molecule has 0 saturated carbocycles. The van der Waals surface area contributed by atoms with Gasteiger partial charge >= 0.3 is 0 Å². The second-order valence-electron chi connectivity index (χ2n) is 3.95. The summed E-state index contributed by atoms with van der Waals surface area (Å²) in [6, 6.07) is 7.66. The number of hydrogen-bond donors (Lipinski definition) is 1. The summed E-state index contributed by atoms with van der Waals surface area (Å²) in [5, 5.41) is 0.406. The first-order valence-corrected chi connectivity index (χ1v) is 7.04. The van der Waals surface area contributed by atoms with E-state index in [1.54, 1.807) is 12.1 Å². The molecule has 0 heterocycles. The van der Waals surface area contributed by atoms with Crippen LogP contribution in [0.3, 0.4) is 0 Å². The van der Waals surface area contributed by atoms with E-state index in [-0.39, 0.29) is 5.75 Å². The van der Waals surface area contributed by atoms with E-state index >= 15 is 0 Å². The van der Waals surface area contributed by atoms with Crippen molar-refractivity contribution in [3.05, 3.63) is 58.6 Å². The van der Waals surface area contributed by atoms with Gasteiger partial charge < -0.3 is 5.73 Å². The van der Waals surface area contributed by atoms with Gasteiger partial charge in [0.05, 0.1) is 21.4 Å². The molecule has 1 atom stereocenters. The molecular weight excluding hydrogens is 292 g/mol. The van der Waals surface area contributed by atoms with Gasteiger partial charge in [0.15, 0.2) is 0 Å². The predicted molar refractivity (Wildman–Crippen MR) is 72.3 cm³/mol. The van der Waals surface area contributed by atoms with Crippen LogP contribution in [0.1, 0.15) is 5.56 Å². The van der Waals surface area contributed by atoms with Crippen molar-refractivity contribution in [1.82, 2.24) is 0 Å². The number of benzene rings is 2. The van der Waals surface area contributed by atoms with E-state index in [0.717, 1.165) is 18.2 Å². The van der Waals surface area contributed by atoms with E-state index in [1.807, 2.05) is 0 Å². The Balaban J connectivity index is 2.28. The molecule has 0 spiro atoms. The normalized spacial score (nSPS) is 12.4. The highest BCUT2D eigenvalue weighted by Crippen LogP contribution is 2.23. The van der Waals surface area contributed by atoms with Crippen LogP contribution in [0, 0.1) is 11.6 Å². The fourth-order valence-corrected chi connectivity index (χ4v) is 3.08. The summed E-state index contributed by atoms with van der Waals surface area (Å²) in [6.45, 7) is 0. The fourth-order valence-electron chi connectivity index (χ4n) is 1.63. The Kier molecular flexibility index (Phi) is 4.17. The van der Waals surface area contributed by atoms with E-state index < -0.39 is 22.4 Å². The molecule has 2 aromatic rings. The van der Waals surface area contributed by atoms with Gasteiger partial charge in [-0.3, -0.25) is 4.21 Å². The zero-order valence-electron chi connectivity index (χ0n) is 9.70. The molecule has 0 radical (unpaired) electrons. The Labute approximate surface area is 116 Å². The van der Waals surface area contributed by atoms with E-state index in [2.05, 4.69) is 0 Å². The summed E-state index contributed by atoms with van der Waals surface area (Å²) in [6.07, 6.45) is 0. The quantitative estimate of drug-likeness (QED) is 0.882. The molecular formula is C13H10ClF2NOS. The molecule has 0 bridgehead atoms. The second-order valence-corrected chi connectivity index (χ2v) is 5.81. The van der Waals surface area contributed by atoms with Crippen LogP contribution in [-0.2, 0) is 16.6 Å². The van der Waals surface area contributed by atoms with Gasteiger partial charge in [0.1, 0.15) is 11.6 Å². The zero-order valence-corrected chi connectivity index (χ0v) is 11.3. The van der Waals surface area contributed by atoms with E-state index in [1.165, 1.54) is 6.07 Å². The van der Waals surface area contributed by atoms with Gasteiger partial charge in [-0.15, -0.1) is 0 Å². The lowest BCUT2D eigenvalue weighted by Crippen LogP contribution is -2.01. The van der Waals surface area contributed by atoms with Gasteiger partial charge in [0.25, 0.3) is 0 Å². The van der Waals surface area contributed by atoms with E-state index in [4.69, 9.17) is 17.3 Å². The highest BCUT2D eigenvalue weighted by molar-refractivity contribution is 7.84. The molecule has 0 aliphatic heterocycles. The molecule has 0 saturated heterocycles. The van der Waals surface area contributed by atoms with Gasteiger partial charge in [0.2, 0.25) is 0 Å². The number of rotatable bonds is 3. The standard InChI is InChI=1S/C13H10ClF2NOS/c14-9-1-2-12(17)13(5-9)19(18)7-8-3-10(15)6-11(16)4-8/h1-6H,7,17H2. The summed E-state index contributed by atoms with van der Waals surface area (Å²) in [7, 11) is -1.52. The highest BCUT2D eigenvalue weighted by atomic mass is 35.5.